The van der Waals surface area contributed by atoms with E-state index in [4.69, 9.17) is 9.84 Å². The molecule has 0 atom stereocenters. The highest BCUT2D eigenvalue weighted by atomic mass is 16.5. The number of rotatable bonds is 4. The van der Waals surface area contributed by atoms with E-state index in [-0.39, 0.29) is 6.61 Å². The first-order chi connectivity index (χ1) is 7.88. The van der Waals surface area contributed by atoms with Crippen LogP contribution in [-0.4, -0.2) is 10.1 Å². The van der Waals surface area contributed by atoms with Crippen molar-refractivity contribution in [3.63, 3.8) is 0 Å². The summed E-state index contributed by atoms with van der Waals surface area (Å²) in [5, 5.41) is 8.95. The van der Waals surface area contributed by atoms with E-state index in [0.717, 1.165) is 11.1 Å². The lowest BCUT2D eigenvalue weighted by Gasteiger charge is -2.06. The van der Waals surface area contributed by atoms with Crippen molar-refractivity contribution in [2.75, 3.05) is 0 Å². The Hall–Kier alpha value is -1.87. The average molecular weight is 215 g/mol. The summed E-state index contributed by atoms with van der Waals surface area (Å²) in [6.45, 7) is 0.493. The Morgan fingerprint density at radius 2 is 1.88 bits per heavy atom. The highest BCUT2D eigenvalue weighted by Crippen LogP contribution is 2.13. The van der Waals surface area contributed by atoms with E-state index in [1.165, 1.54) is 0 Å². The normalized spacial score (nSPS) is 10.1. The zero-order valence-corrected chi connectivity index (χ0v) is 8.84. The molecule has 2 rings (SSSR count). The summed E-state index contributed by atoms with van der Waals surface area (Å²) < 4.78 is 5.56. The highest BCUT2D eigenvalue weighted by Gasteiger charge is 1.97. The minimum Gasteiger partial charge on any atom is -0.487 e. The number of ether oxygens (including phenoxy) is 1. The molecule has 1 N–H and O–H groups in total. The maximum atomic E-state index is 8.95. The van der Waals surface area contributed by atoms with E-state index in [0.29, 0.717) is 12.4 Å². The van der Waals surface area contributed by atoms with Crippen molar-refractivity contribution in [1.82, 2.24) is 4.98 Å². The molecule has 3 heteroatoms. The van der Waals surface area contributed by atoms with Crippen molar-refractivity contribution >= 4 is 0 Å². The number of aliphatic hydroxyl groups excluding tert-OH is 1. The predicted molar refractivity (Wildman–Crippen MR) is 60.9 cm³/mol. The van der Waals surface area contributed by atoms with Gasteiger partial charge in [-0.15, -0.1) is 0 Å². The largest absolute Gasteiger partial charge is 0.487 e. The van der Waals surface area contributed by atoms with Crippen LogP contribution in [0.3, 0.4) is 0 Å². The quantitative estimate of drug-likeness (QED) is 0.849. The molecule has 0 saturated heterocycles. The summed E-state index contributed by atoms with van der Waals surface area (Å²) in [4.78, 5) is 3.98. The molecule has 0 aliphatic rings. The van der Waals surface area contributed by atoms with Crippen LogP contribution in [0.1, 0.15) is 11.1 Å². The van der Waals surface area contributed by atoms with Gasteiger partial charge >= 0.3 is 0 Å². The summed E-state index contributed by atoms with van der Waals surface area (Å²) in [5.41, 5.74) is 1.86. The van der Waals surface area contributed by atoms with Crippen LogP contribution in [0.15, 0.2) is 48.8 Å². The number of aromatic nitrogens is 1. The van der Waals surface area contributed by atoms with Crippen LogP contribution in [0.2, 0.25) is 0 Å². The van der Waals surface area contributed by atoms with Gasteiger partial charge in [-0.25, -0.2) is 0 Å². The standard InChI is InChI=1S/C13H13NO2/c15-9-12-6-13(8-14-7-12)16-10-11-4-2-1-3-5-11/h1-8,15H,9-10H2. The zero-order chi connectivity index (χ0) is 11.2. The molecule has 1 heterocycles. The number of nitrogens with zero attached hydrogens (tertiary/aromatic N) is 1. The monoisotopic (exact) mass is 215 g/mol. The summed E-state index contributed by atoms with van der Waals surface area (Å²) >= 11 is 0. The lowest BCUT2D eigenvalue weighted by atomic mass is 10.2. The van der Waals surface area contributed by atoms with E-state index < -0.39 is 0 Å². The molecule has 0 spiro atoms. The van der Waals surface area contributed by atoms with Crippen molar-refractivity contribution in [3.05, 3.63) is 59.9 Å². The predicted octanol–water partition coefficient (Wildman–Crippen LogP) is 2.15. The van der Waals surface area contributed by atoms with Gasteiger partial charge in [0.05, 0.1) is 12.8 Å². The Bertz CT molecular complexity index is 443. The van der Waals surface area contributed by atoms with Gasteiger partial charge in [-0.3, -0.25) is 4.98 Å². The van der Waals surface area contributed by atoms with Crippen molar-refractivity contribution in [1.29, 1.82) is 0 Å². The first kappa shape index (κ1) is 10.6. The molecular weight excluding hydrogens is 202 g/mol. The number of pyridine rings is 1. The van der Waals surface area contributed by atoms with Crippen molar-refractivity contribution in [2.45, 2.75) is 13.2 Å². The van der Waals surface area contributed by atoms with Crippen LogP contribution in [0.25, 0.3) is 0 Å². The van der Waals surface area contributed by atoms with Crippen LogP contribution in [-0.2, 0) is 13.2 Å². The molecule has 0 amide bonds. The summed E-state index contributed by atoms with van der Waals surface area (Å²) in [6, 6.07) is 11.7. The topological polar surface area (TPSA) is 42.4 Å². The third kappa shape index (κ3) is 2.81. The van der Waals surface area contributed by atoms with Gasteiger partial charge in [-0.1, -0.05) is 30.3 Å². The van der Waals surface area contributed by atoms with E-state index in [1.807, 2.05) is 30.3 Å². The number of aliphatic hydroxyl groups is 1. The fourth-order valence-corrected chi connectivity index (χ4v) is 1.37. The molecule has 3 nitrogen and oxygen atoms in total. The molecule has 16 heavy (non-hydrogen) atoms. The molecule has 0 aliphatic carbocycles. The summed E-state index contributed by atoms with van der Waals surface area (Å²) in [5.74, 6) is 0.676. The van der Waals surface area contributed by atoms with Crippen molar-refractivity contribution in [2.24, 2.45) is 0 Å². The number of hydrogen-bond acceptors (Lipinski definition) is 3. The summed E-state index contributed by atoms with van der Waals surface area (Å²) in [7, 11) is 0. The van der Waals surface area contributed by atoms with E-state index >= 15 is 0 Å². The van der Waals surface area contributed by atoms with Crippen LogP contribution in [0.4, 0.5) is 0 Å². The van der Waals surface area contributed by atoms with Gasteiger partial charge in [0.1, 0.15) is 12.4 Å². The maximum Gasteiger partial charge on any atom is 0.138 e. The molecule has 82 valence electrons. The Kier molecular flexibility index (Phi) is 3.51. The third-order valence-electron chi connectivity index (χ3n) is 2.20. The SMILES string of the molecule is OCc1cncc(OCc2ccccc2)c1. The molecule has 0 saturated carbocycles. The zero-order valence-electron chi connectivity index (χ0n) is 8.84. The number of hydrogen-bond donors (Lipinski definition) is 1. The van der Waals surface area contributed by atoms with E-state index in [1.54, 1.807) is 18.5 Å². The molecule has 0 fully saturated rings. The van der Waals surface area contributed by atoms with Gasteiger partial charge in [0.25, 0.3) is 0 Å². The molecule has 1 aromatic heterocycles. The molecular formula is C13H13NO2. The Labute approximate surface area is 94.3 Å². The van der Waals surface area contributed by atoms with Crippen LogP contribution in [0, 0.1) is 0 Å². The molecule has 0 bridgehead atoms. The molecule has 0 aliphatic heterocycles. The van der Waals surface area contributed by atoms with Gasteiger partial charge in [-0.2, -0.15) is 0 Å². The maximum absolute atomic E-state index is 8.95. The van der Waals surface area contributed by atoms with E-state index in [2.05, 4.69) is 4.98 Å². The van der Waals surface area contributed by atoms with Crippen LogP contribution in [0.5, 0.6) is 5.75 Å². The summed E-state index contributed by atoms with van der Waals surface area (Å²) in [6.07, 6.45) is 3.26. The Balaban J connectivity index is 1.99. The van der Waals surface area contributed by atoms with Gasteiger partial charge in [0.2, 0.25) is 0 Å². The third-order valence-corrected chi connectivity index (χ3v) is 2.20. The Morgan fingerprint density at radius 1 is 1.06 bits per heavy atom. The van der Waals surface area contributed by atoms with Crippen LogP contribution >= 0.6 is 0 Å². The average Bonchev–Trinajstić information content (AvgIpc) is 2.38. The first-order valence-corrected chi connectivity index (χ1v) is 5.10. The lowest BCUT2D eigenvalue weighted by Crippen LogP contribution is -1.96. The second-order valence-corrected chi connectivity index (χ2v) is 3.46. The number of benzene rings is 1. The second kappa shape index (κ2) is 5.28. The molecule has 2 aromatic rings. The minimum atomic E-state index is -0.0183. The van der Waals surface area contributed by atoms with Gasteiger partial charge in [0.15, 0.2) is 0 Å². The first-order valence-electron chi connectivity index (χ1n) is 5.10. The fraction of sp³-hybridized carbons (Fsp3) is 0.154. The van der Waals surface area contributed by atoms with Crippen molar-refractivity contribution < 1.29 is 9.84 Å². The lowest BCUT2D eigenvalue weighted by molar-refractivity contribution is 0.277. The molecule has 0 radical (unpaired) electrons. The van der Waals surface area contributed by atoms with Crippen molar-refractivity contribution in [3.8, 4) is 5.75 Å². The molecule has 1 aromatic carbocycles. The smallest absolute Gasteiger partial charge is 0.138 e. The van der Waals surface area contributed by atoms with E-state index in [9.17, 15) is 0 Å². The minimum absolute atomic E-state index is 0.0183. The second-order valence-electron chi connectivity index (χ2n) is 3.46. The molecule has 0 unspecified atom stereocenters. The Morgan fingerprint density at radius 3 is 2.62 bits per heavy atom. The highest BCUT2D eigenvalue weighted by molar-refractivity contribution is 5.23. The van der Waals surface area contributed by atoms with Gasteiger partial charge in [0, 0.05) is 6.20 Å². The fourth-order valence-electron chi connectivity index (χ4n) is 1.37. The van der Waals surface area contributed by atoms with Gasteiger partial charge in [-0.05, 0) is 17.2 Å². The van der Waals surface area contributed by atoms with Crippen LogP contribution < -0.4 is 4.74 Å². The van der Waals surface area contributed by atoms with Gasteiger partial charge < -0.3 is 9.84 Å².